The van der Waals surface area contributed by atoms with Crippen LogP contribution in [0.5, 0.6) is 5.75 Å². The highest BCUT2D eigenvalue weighted by molar-refractivity contribution is 5.94. The molecule has 0 radical (unpaired) electrons. The van der Waals surface area contributed by atoms with E-state index in [-0.39, 0.29) is 5.91 Å². The van der Waals surface area contributed by atoms with Crippen molar-refractivity contribution in [2.75, 3.05) is 51.4 Å². The molecule has 2 fully saturated rings. The summed E-state index contributed by atoms with van der Waals surface area (Å²) in [5, 5.41) is 0. The van der Waals surface area contributed by atoms with Crippen LogP contribution < -0.4 is 9.64 Å². The molecule has 3 heterocycles. The minimum atomic E-state index is 0.0817. The quantitative estimate of drug-likeness (QED) is 0.797. The molecular formula is C22H27N3O3. The molecule has 1 amide bonds. The first-order valence-electron chi connectivity index (χ1n) is 9.94. The Morgan fingerprint density at radius 2 is 1.93 bits per heavy atom. The lowest BCUT2D eigenvalue weighted by Gasteiger charge is -2.27. The number of ether oxygens (including phenoxy) is 2. The molecule has 0 bridgehead atoms. The van der Waals surface area contributed by atoms with E-state index in [1.807, 2.05) is 29.2 Å². The Hall–Kier alpha value is -2.60. The maximum atomic E-state index is 12.9. The predicted octanol–water partition coefficient (Wildman–Crippen LogP) is 2.63. The van der Waals surface area contributed by atoms with Gasteiger partial charge in [-0.15, -0.1) is 0 Å². The fourth-order valence-corrected chi connectivity index (χ4v) is 3.95. The van der Waals surface area contributed by atoms with Gasteiger partial charge in [0, 0.05) is 32.4 Å². The van der Waals surface area contributed by atoms with Crippen LogP contribution in [0.4, 0.5) is 5.82 Å². The molecule has 1 aromatic heterocycles. The lowest BCUT2D eigenvalue weighted by Crippen LogP contribution is -2.36. The predicted molar refractivity (Wildman–Crippen MR) is 108 cm³/mol. The molecule has 0 aliphatic carbocycles. The van der Waals surface area contributed by atoms with E-state index in [0.29, 0.717) is 11.5 Å². The smallest absolute Gasteiger partial charge is 0.255 e. The summed E-state index contributed by atoms with van der Waals surface area (Å²) >= 11 is 0. The Morgan fingerprint density at radius 1 is 1.14 bits per heavy atom. The first kappa shape index (κ1) is 18.7. The molecule has 2 aromatic rings. The topological polar surface area (TPSA) is 54.9 Å². The number of morpholine rings is 1. The third-order valence-electron chi connectivity index (χ3n) is 5.59. The van der Waals surface area contributed by atoms with Crippen molar-refractivity contribution in [3.8, 4) is 5.75 Å². The minimum Gasteiger partial charge on any atom is -0.497 e. The number of nitrogens with zero attached hydrogens (tertiary/aromatic N) is 3. The number of benzene rings is 1. The van der Waals surface area contributed by atoms with Gasteiger partial charge in [-0.25, -0.2) is 4.98 Å². The highest BCUT2D eigenvalue weighted by atomic mass is 16.5. The molecule has 6 heteroatoms. The molecule has 1 atom stereocenters. The number of amides is 1. The average Bonchev–Trinajstić information content (AvgIpc) is 3.23. The van der Waals surface area contributed by atoms with Crippen molar-refractivity contribution in [3.05, 3.63) is 53.7 Å². The van der Waals surface area contributed by atoms with Gasteiger partial charge in [0.05, 0.1) is 25.9 Å². The van der Waals surface area contributed by atoms with Crippen molar-refractivity contribution < 1.29 is 14.3 Å². The number of likely N-dealkylation sites (tertiary alicyclic amines) is 1. The molecule has 6 nitrogen and oxygen atoms in total. The van der Waals surface area contributed by atoms with Crippen LogP contribution in [-0.4, -0.2) is 62.3 Å². The number of carbonyl (C=O) groups is 1. The second-order valence-corrected chi connectivity index (χ2v) is 7.46. The summed E-state index contributed by atoms with van der Waals surface area (Å²) in [5.74, 6) is 2.37. The lowest BCUT2D eigenvalue weighted by molar-refractivity contribution is 0.0786. The summed E-state index contributed by atoms with van der Waals surface area (Å²) in [6.45, 7) is 4.76. The van der Waals surface area contributed by atoms with E-state index in [1.54, 1.807) is 13.3 Å². The third kappa shape index (κ3) is 4.28. The van der Waals surface area contributed by atoms with Gasteiger partial charge in [-0.05, 0) is 48.6 Å². The molecule has 28 heavy (non-hydrogen) atoms. The van der Waals surface area contributed by atoms with Crippen molar-refractivity contribution >= 4 is 11.7 Å². The van der Waals surface area contributed by atoms with Gasteiger partial charge in [0.1, 0.15) is 11.6 Å². The molecule has 2 saturated heterocycles. The van der Waals surface area contributed by atoms with Gasteiger partial charge in [-0.2, -0.15) is 0 Å². The third-order valence-corrected chi connectivity index (χ3v) is 5.59. The van der Waals surface area contributed by atoms with Gasteiger partial charge in [0.2, 0.25) is 0 Å². The fourth-order valence-electron chi connectivity index (χ4n) is 3.95. The average molecular weight is 381 g/mol. The second kappa shape index (κ2) is 8.61. The summed E-state index contributed by atoms with van der Waals surface area (Å²) in [6.07, 6.45) is 3.74. The van der Waals surface area contributed by atoms with Crippen LogP contribution in [0.3, 0.4) is 0 Å². The Bertz CT molecular complexity index is 786. The van der Waals surface area contributed by atoms with Gasteiger partial charge in [-0.1, -0.05) is 12.1 Å². The Balaban J connectivity index is 1.33. The normalized spacial score (nSPS) is 19.7. The molecule has 1 unspecified atom stereocenters. The first-order chi connectivity index (χ1) is 13.7. The highest BCUT2D eigenvalue weighted by Crippen LogP contribution is 2.24. The zero-order valence-electron chi connectivity index (χ0n) is 16.3. The van der Waals surface area contributed by atoms with Crippen molar-refractivity contribution in [1.82, 2.24) is 9.88 Å². The second-order valence-electron chi connectivity index (χ2n) is 7.46. The Kier molecular flexibility index (Phi) is 5.76. The van der Waals surface area contributed by atoms with E-state index in [4.69, 9.17) is 9.47 Å². The largest absolute Gasteiger partial charge is 0.497 e. The SMILES string of the molecule is COc1ccc(CC2CCN(C(=O)c3ccc(N4CCOCC4)nc3)C2)cc1. The zero-order chi connectivity index (χ0) is 19.3. The van der Waals surface area contributed by atoms with Crippen LogP contribution >= 0.6 is 0 Å². The number of hydrogen-bond donors (Lipinski definition) is 0. The number of rotatable bonds is 5. The van der Waals surface area contributed by atoms with E-state index in [1.165, 1.54) is 5.56 Å². The number of aromatic nitrogens is 1. The first-order valence-corrected chi connectivity index (χ1v) is 9.94. The van der Waals surface area contributed by atoms with Crippen LogP contribution in [-0.2, 0) is 11.2 Å². The standard InChI is InChI=1S/C22H27N3O3/c1-27-20-5-2-17(3-6-20)14-18-8-9-25(16-18)22(26)19-4-7-21(23-15-19)24-10-12-28-13-11-24/h2-7,15,18H,8-14,16H2,1H3. The van der Waals surface area contributed by atoms with Crippen LogP contribution in [0.2, 0.25) is 0 Å². The van der Waals surface area contributed by atoms with Crippen LogP contribution in [0, 0.1) is 5.92 Å². The van der Waals surface area contributed by atoms with E-state index in [9.17, 15) is 4.79 Å². The number of anilines is 1. The van der Waals surface area contributed by atoms with E-state index >= 15 is 0 Å². The van der Waals surface area contributed by atoms with Gasteiger partial charge in [-0.3, -0.25) is 4.79 Å². The fraction of sp³-hybridized carbons (Fsp3) is 0.455. The van der Waals surface area contributed by atoms with E-state index < -0.39 is 0 Å². The monoisotopic (exact) mass is 381 g/mol. The van der Waals surface area contributed by atoms with Gasteiger partial charge >= 0.3 is 0 Å². The number of pyridine rings is 1. The lowest BCUT2D eigenvalue weighted by atomic mass is 9.99. The Morgan fingerprint density at radius 3 is 2.61 bits per heavy atom. The summed E-state index contributed by atoms with van der Waals surface area (Å²) in [5.41, 5.74) is 1.96. The van der Waals surface area contributed by atoms with Crippen molar-refractivity contribution in [3.63, 3.8) is 0 Å². The van der Waals surface area contributed by atoms with Gasteiger partial charge in [0.15, 0.2) is 0 Å². The number of carbonyl (C=O) groups excluding carboxylic acids is 1. The van der Waals surface area contributed by atoms with Gasteiger partial charge in [0.25, 0.3) is 5.91 Å². The van der Waals surface area contributed by atoms with E-state index in [2.05, 4.69) is 22.0 Å². The van der Waals surface area contributed by atoms with Crippen LogP contribution in [0.1, 0.15) is 22.3 Å². The molecule has 0 N–H and O–H groups in total. The maximum Gasteiger partial charge on any atom is 0.255 e. The van der Waals surface area contributed by atoms with Crippen molar-refractivity contribution in [2.45, 2.75) is 12.8 Å². The molecule has 0 saturated carbocycles. The summed E-state index contributed by atoms with van der Waals surface area (Å²) in [6, 6.07) is 12.1. The van der Waals surface area contributed by atoms with Crippen LogP contribution in [0.15, 0.2) is 42.6 Å². The molecule has 0 spiro atoms. The highest BCUT2D eigenvalue weighted by Gasteiger charge is 2.27. The molecule has 2 aliphatic heterocycles. The van der Waals surface area contributed by atoms with Crippen molar-refractivity contribution in [1.29, 1.82) is 0 Å². The van der Waals surface area contributed by atoms with Crippen LogP contribution in [0.25, 0.3) is 0 Å². The zero-order valence-corrected chi connectivity index (χ0v) is 16.3. The molecule has 1 aromatic carbocycles. The van der Waals surface area contributed by atoms with Crippen molar-refractivity contribution in [2.24, 2.45) is 5.92 Å². The Labute approximate surface area is 166 Å². The minimum absolute atomic E-state index is 0.0817. The molecular weight excluding hydrogens is 354 g/mol. The van der Waals surface area contributed by atoms with E-state index in [0.717, 1.165) is 63.8 Å². The number of methoxy groups -OCH3 is 1. The molecule has 148 valence electrons. The van der Waals surface area contributed by atoms with Gasteiger partial charge < -0.3 is 19.3 Å². The molecule has 4 rings (SSSR count). The summed E-state index contributed by atoms with van der Waals surface area (Å²) in [4.78, 5) is 21.5. The maximum absolute atomic E-state index is 12.9. The summed E-state index contributed by atoms with van der Waals surface area (Å²) in [7, 11) is 1.68. The molecule has 2 aliphatic rings. The number of hydrogen-bond acceptors (Lipinski definition) is 5. The summed E-state index contributed by atoms with van der Waals surface area (Å²) < 4.78 is 10.6.